The topological polar surface area (TPSA) is 50.2 Å². The van der Waals surface area contributed by atoms with Gasteiger partial charge in [-0.3, -0.25) is 4.79 Å². The first-order valence-corrected chi connectivity index (χ1v) is 7.11. The molecule has 1 aromatic rings. The highest BCUT2D eigenvalue weighted by molar-refractivity contribution is 6.32. The standard InChI is InChI=1S/C14H19ClN4O/c1-3-6-19-14(20)13(12(15)9-17-19)16-8-11-5-4-7-18(2)10-11/h1,9,11,16H,4-8,10H2,2H3. The third-order valence-electron chi connectivity index (χ3n) is 3.53. The third kappa shape index (κ3) is 3.53. The maximum absolute atomic E-state index is 12.2. The molecule has 5 nitrogen and oxygen atoms in total. The molecule has 0 spiro atoms. The number of rotatable bonds is 4. The highest BCUT2D eigenvalue weighted by Crippen LogP contribution is 2.19. The van der Waals surface area contributed by atoms with Gasteiger partial charge < -0.3 is 10.2 Å². The Bertz CT molecular complexity index is 563. The van der Waals surface area contributed by atoms with Crippen molar-refractivity contribution in [3.63, 3.8) is 0 Å². The Kier molecular flexibility index (Phi) is 5.05. The molecule has 2 rings (SSSR count). The average molecular weight is 295 g/mol. The van der Waals surface area contributed by atoms with E-state index in [1.54, 1.807) is 0 Å². The number of terminal acetylenes is 1. The van der Waals surface area contributed by atoms with Crippen molar-refractivity contribution in [2.45, 2.75) is 19.4 Å². The number of nitrogens with one attached hydrogen (secondary N) is 1. The summed E-state index contributed by atoms with van der Waals surface area (Å²) in [4.78, 5) is 14.5. The van der Waals surface area contributed by atoms with Crippen LogP contribution in [0.2, 0.25) is 5.02 Å². The van der Waals surface area contributed by atoms with Crippen LogP contribution < -0.4 is 10.9 Å². The quantitative estimate of drug-likeness (QED) is 0.850. The Morgan fingerprint density at radius 3 is 3.15 bits per heavy atom. The predicted octanol–water partition coefficient (Wildman–Crippen LogP) is 1.28. The Morgan fingerprint density at radius 2 is 2.45 bits per heavy atom. The number of likely N-dealkylation sites (tertiary alicyclic amines) is 1. The molecule has 0 amide bonds. The number of hydrogen-bond acceptors (Lipinski definition) is 4. The van der Waals surface area contributed by atoms with Gasteiger partial charge in [0.05, 0.1) is 11.2 Å². The van der Waals surface area contributed by atoms with Crippen molar-refractivity contribution in [3.05, 3.63) is 21.6 Å². The smallest absolute Gasteiger partial charge is 0.292 e. The maximum Gasteiger partial charge on any atom is 0.292 e. The zero-order valence-electron chi connectivity index (χ0n) is 11.6. The summed E-state index contributed by atoms with van der Waals surface area (Å²) in [6, 6.07) is 0. The van der Waals surface area contributed by atoms with Gasteiger partial charge in [-0.15, -0.1) is 6.42 Å². The van der Waals surface area contributed by atoms with E-state index in [1.165, 1.54) is 23.7 Å². The van der Waals surface area contributed by atoms with E-state index in [-0.39, 0.29) is 12.1 Å². The first-order chi connectivity index (χ1) is 9.61. The number of nitrogens with zero attached hydrogens (tertiary/aromatic N) is 3. The van der Waals surface area contributed by atoms with Crippen LogP contribution in [0.5, 0.6) is 0 Å². The molecule has 1 N–H and O–H groups in total. The van der Waals surface area contributed by atoms with Gasteiger partial charge in [0.1, 0.15) is 12.2 Å². The summed E-state index contributed by atoms with van der Waals surface area (Å²) in [7, 11) is 2.12. The average Bonchev–Trinajstić information content (AvgIpc) is 2.42. The molecular weight excluding hydrogens is 276 g/mol. The fourth-order valence-electron chi connectivity index (χ4n) is 2.51. The van der Waals surface area contributed by atoms with Crippen LogP contribution in [0.15, 0.2) is 11.0 Å². The highest BCUT2D eigenvalue weighted by atomic mass is 35.5. The molecular formula is C14H19ClN4O. The van der Waals surface area contributed by atoms with E-state index in [0.717, 1.165) is 19.6 Å². The third-order valence-corrected chi connectivity index (χ3v) is 3.81. The lowest BCUT2D eigenvalue weighted by Gasteiger charge is -2.29. The number of halogens is 1. The monoisotopic (exact) mass is 294 g/mol. The maximum atomic E-state index is 12.2. The Labute approximate surface area is 123 Å². The van der Waals surface area contributed by atoms with E-state index < -0.39 is 0 Å². The fraction of sp³-hybridized carbons (Fsp3) is 0.571. The van der Waals surface area contributed by atoms with Crippen molar-refractivity contribution >= 4 is 17.3 Å². The molecule has 0 saturated carbocycles. The molecule has 0 aliphatic carbocycles. The van der Waals surface area contributed by atoms with E-state index in [0.29, 0.717) is 16.6 Å². The van der Waals surface area contributed by atoms with Gasteiger partial charge in [0.15, 0.2) is 0 Å². The Hall–Kier alpha value is -1.51. The minimum Gasteiger partial charge on any atom is -0.379 e. The SMILES string of the molecule is C#CCn1ncc(Cl)c(NCC2CCCN(C)C2)c1=O. The van der Waals surface area contributed by atoms with Crippen LogP contribution in [0.25, 0.3) is 0 Å². The van der Waals surface area contributed by atoms with E-state index in [1.807, 2.05) is 0 Å². The summed E-state index contributed by atoms with van der Waals surface area (Å²) in [6.07, 6.45) is 9.02. The minimum absolute atomic E-state index is 0.150. The van der Waals surface area contributed by atoms with E-state index in [9.17, 15) is 4.79 Å². The van der Waals surface area contributed by atoms with Gasteiger partial charge in [0.25, 0.3) is 5.56 Å². The molecule has 1 aromatic heterocycles. The minimum atomic E-state index is -0.264. The number of aromatic nitrogens is 2. The molecule has 0 bridgehead atoms. The second kappa shape index (κ2) is 6.78. The van der Waals surface area contributed by atoms with Crippen molar-refractivity contribution in [2.75, 3.05) is 32.0 Å². The van der Waals surface area contributed by atoms with Gasteiger partial charge in [-0.1, -0.05) is 17.5 Å². The molecule has 108 valence electrons. The second-order valence-electron chi connectivity index (χ2n) is 5.19. The van der Waals surface area contributed by atoms with Crippen LogP contribution in [0.1, 0.15) is 12.8 Å². The molecule has 2 heterocycles. The van der Waals surface area contributed by atoms with Gasteiger partial charge in [0, 0.05) is 13.1 Å². The van der Waals surface area contributed by atoms with Gasteiger partial charge in [-0.25, -0.2) is 4.68 Å². The van der Waals surface area contributed by atoms with Gasteiger partial charge >= 0.3 is 0 Å². The summed E-state index contributed by atoms with van der Waals surface area (Å²) in [5, 5.41) is 7.43. The lowest BCUT2D eigenvalue weighted by Crippen LogP contribution is -2.36. The number of piperidine rings is 1. The molecule has 1 saturated heterocycles. The van der Waals surface area contributed by atoms with Crippen LogP contribution in [0, 0.1) is 18.3 Å². The molecule has 1 aliphatic heterocycles. The fourth-order valence-corrected chi connectivity index (χ4v) is 2.71. The van der Waals surface area contributed by atoms with Gasteiger partial charge in [-0.05, 0) is 32.4 Å². The first kappa shape index (κ1) is 14.9. The molecule has 0 aromatic carbocycles. The van der Waals surface area contributed by atoms with Crippen LogP contribution >= 0.6 is 11.6 Å². The Morgan fingerprint density at radius 1 is 1.65 bits per heavy atom. The summed E-state index contributed by atoms with van der Waals surface area (Å²) in [5.41, 5.74) is 0.129. The van der Waals surface area contributed by atoms with E-state index >= 15 is 0 Å². The Balaban J connectivity index is 2.07. The van der Waals surface area contributed by atoms with Crippen molar-refractivity contribution in [1.82, 2.24) is 14.7 Å². The number of anilines is 1. The first-order valence-electron chi connectivity index (χ1n) is 6.73. The van der Waals surface area contributed by atoms with Crippen molar-refractivity contribution in [1.29, 1.82) is 0 Å². The van der Waals surface area contributed by atoms with Gasteiger partial charge in [-0.2, -0.15) is 5.10 Å². The lowest BCUT2D eigenvalue weighted by molar-refractivity contribution is 0.217. The highest BCUT2D eigenvalue weighted by Gasteiger charge is 2.18. The molecule has 0 radical (unpaired) electrons. The zero-order chi connectivity index (χ0) is 14.5. The molecule has 1 aliphatic rings. The van der Waals surface area contributed by atoms with Crippen LogP contribution in [-0.4, -0.2) is 41.4 Å². The molecule has 20 heavy (non-hydrogen) atoms. The summed E-state index contributed by atoms with van der Waals surface area (Å²) in [6.45, 7) is 3.06. The molecule has 1 atom stereocenters. The predicted molar refractivity (Wildman–Crippen MR) is 81.1 cm³/mol. The summed E-state index contributed by atoms with van der Waals surface area (Å²) in [5.74, 6) is 2.93. The number of hydrogen-bond donors (Lipinski definition) is 1. The van der Waals surface area contributed by atoms with Crippen LogP contribution in [-0.2, 0) is 6.54 Å². The summed E-state index contributed by atoms with van der Waals surface area (Å²) < 4.78 is 1.24. The van der Waals surface area contributed by atoms with Gasteiger partial charge in [0.2, 0.25) is 0 Å². The van der Waals surface area contributed by atoms with Crippen LogP contribution in [0.3, 0.4) is 0 Å². The zero-order valence-corrected chi connectivity index (χ0v) is 12.4. The lowest BCUT2D eigenvalue weighted by atomic mass is 9.98. The van der Waals surface area contributed by atoms with E-state index in [4.69, 9.17) is 18.0 Å². The summed E-state index contributed by atoms with van der Waals surface area (Å²) >= 11 is 6.05. The van der Waals surface area contributed by atoms with Crippen molar-refractivity contribution in [2.24, 2.45) is 5.92 Å². The van der Waals surface area contributed by atoms with Crippen LogP contribution in [0.4, 0.5) is 5.69 Å². The largest absolute Gasteiger partial charge is 0.379 e. The van der Waals surface area contributed by atoms with Crippen molar-refractivity contribution < 1.29 is 0 Å². The normalized spacial score (nSPS) is 19.6. The van der Waals surface area contributed by atoms with E-state index in [2.05, 4.69) is 28.3 Å². The van der Waals surface area contributed by atoms with Crippen molar-refractivity contribution in [3.8, 4) is 12.3 Å². The molecule has 1 unspecified atom stereocenters. The molecule has 6 heteroatoms. The molecule has 1 fully saturated rings. The second-order valence-corrected chi connectivity index (χ2v) is 5.59.